The number of nitrogens with one attached hydrogen (secondary N) is 1. The molecule has 5 nitrogen and oxygen atoms in total. The van der Waals surface area contributed by atoms with Crippen LogP contribution in [0.15, 0.2) is 0 Å². The van der Waals surface area contributed by atoms with Gasteiger partial charge in [0.15, 0.2) is 5.82 Å². The molecule has 2 rings (SSSR count). The van der Waals surface area contributed by atoms with Crippen LogP contribution in [0.2, 0.25) is 0 Å². The van der Waals surface area contributed by atoms with Crippen molar-refractivity contribution in [3.63, 3.8) is 0 Å². The molecular formula is C13H23N5S. The third kappa shape index (κ3) is 4.53. The van der Waals surface area contributed by atoms with E-state index in [-0.39, 0.29) is 0 Å². The highest BCUT2D eigenvalue weighted by atomic mass is 32.1. The van der Waals surface area contributed by atoms with Crippen molar-refractivity contribution < 1.29 is 0 Å². The summed E-state index contributed by atoms with van der Waals surface area (Å²) in [6, 6.07) is 0.597. The van der Waals surface area contributed by atoms with Crippen molar-refractivity contribution in [2.24, 2.45) is 13.0 Å². The van der Waals surface area contributed by atoms with Crippen LogP contribution in [-0.2, 0) is 13.5 Å². The summed E-state index contributed by atoms with van der Waals surface area (Å²) in [5, 5.41) is 14.9. The maximum Gasteiger partial charge on any atom is 0.150 e. The van der Waals surface area contributed by atoms with Gasteiger partial charge >= 0.3 is 0 Å². The molecule has 1 saturated carbocycles. The Hall–Kier alpha value is -1.04. The number of aryl methyl sites for hydroxylation is 2. The van der Waals surface area contributed by atoms with Crippen LogP contribution in [0.5, 0.6) is 0 Å². The zero-order chi connectivity index (χ0) is 13.7. The first kappa shape index (κ1) is 14.4. The van der Waals surface area contributed by atoms with Crippen molar-refractivity contribution in [2.45, 2.75) is 57.9 Å². The Morgan fingerprint density at radius 3 is 2.74 bits per heavy atom. The Bertz CT molecular complexity index is 409. The first-order chi connectivity index (χ1) is 9.15. The van der Waals surface area contributed by atoms with Gasteiger partial charge in [-0.3, -0.25) is 0 Å². The smallest absolute Gasteiger partial charge is 0.150 e. The van der Waals surface area contributed by atoms with Gasteiger partial charge in [0.05, 0.1) is 4.99 Å². The minimum absolute atomic E-state index is 0.597. The van der Waals surface area contributed by atoms with Gasteiger partial charge in [-0.1, -0.05) is 19.1 Å². The van der Waals surface area contributed by atoms with E-state index in [0.717, 1.165) is 36.0 Å². The molecule has 0 unspecified atom stereocenters. The van der Waals surface area contributed by atoms with Gasteiger partial charge in [0.2, 0.25) is 0 Å². The SMILES string of the molecule is CC1CCC(NC(=S)CCCc2nnnn2C)CC1. The second-order valence-electron chi connectivity index (χ2n) is 5.60. The van der Waals surface area contributed by atoms with Crippen LogP contribution in [0.4, 0.5) is 0 Å². The predicted octanol–water partition coefficient (Wildman–Crippen LogP) is 2.03. The van der Waals surface area contributed by atoms with E-state index in [0.29, 0.717) is 6.04 Å². The number of nitrogens with zero attached hydrogens (tertiary/aromatic N) is 4. The maximum atomic E-state index is 5.42. The summed E-state index contributed by atoms with van der Waals surface area (Å²) < 4.78 is 1.72. The normalized spacial score (nSPS) is 23.3. The third-order valence-corrected chi connectivity index (χ3v) is 4.22. The molecular weight excluding hydrogens is 258 g/mol. The monoisotopic (exact) mass is 281 g/mol. The summed E-state index contributed by atoms with van der Waals surface area (Å²) in [7, 11) is 1.87. The van der Waals surface area contributed by atoms with Crippen LogP contribution in [-0.4, -0.2) is 31.2 Å². The minimum atomic E-state index is 0.597. The largest absolute Gasteiger partial charge is 0.377 e. The standard InChI is InChI=1S/C13H23N5S/c1-10-6-8-11(9-7-10)14-13(19)5-3-4-12-15-16-17-18(12)2/h10-11H,3-9H2,1-2H3,(H,14,19). The highest BCUT2D eigenvalue weighted by molar-refractivity contribution is 7.80. The average Bonchev–Trinajstić information content (AvgIpc) is 2.78. The Morgan fingerprint density at radius 1 is 1.37 bits per heavy atom. The van der Waals surface area contributed by atoms with Crippen LogP contribution in [0.25, 0.3) is 0 Å². The van der Waals surface area contributed by atoms with Crippen LogP contribution in [0, 0.1) is 5.92 Å². The maximum absolute atomic E-state index is 5.42. The lowest BCUT2D eigenvalue weighted by atomic mass is 9.87. The van der Waals surface area contributed by atoms with E-state index in [9.17, 15) is 0 Å². The molecule has 0 bridgehead atoms. The zero-order valence-corrected chi connectivity index (χ0v) is 12.6. The van der Waals surface area contributed by atoms with E-state index in [2.05, 4.69) is 27.8 Å². The fraction of sp³-hybridized carbons (Fsp3) is 0.846. The van der Waals surface area contributed by atoms with Gasteiger partial charge in [-0.2, -0.15) is 0 Å². The van der Waals surface area contributed by atoms with Gasteiger partial charge in [-0.05, 0) is 54.9 Å². The zero-order valence-electron chi connectivity index (χ0n) is 11.8. The molecule has 0 spiro atoms. The van der Waals surface area contributed by atoms with Crippen LogP contribution >= 0.6 is 12.2 Å². The van der Waals surface area contributed by atoms with Crippen molar-refractivity contribution in [3.05, 3.63) is 5.82 Å². The van der Waals surface area contributed by atoms with Crippen LogP contribution < -0.4 is 5.32 Å². The quantitative estimate of drug-likeness (QED) is 0.837. The Labute approximate surface area is 120 Å². The fourth-order valence-corrected chi connectivity index (χ4v) is 2.88. The van der Waals surface area contributed by atoms with Gasteiger partial charge in [-0.15, -0.1) is 5.10 Å². The first-order valence-electron chi connectivity index (χ1n) is 7.15. The molecule has 0 aliphatic heterocycles. The van der Waals surface area contributed by atoms with Crippen molar-refractivity contribution in [3.8, 4) is 0 Å². The molecule has 1 N–H and O–H groups in total. The van der Waals surface area contributed by atoms with Gasteiger partial charge in [0.1, 0.15) is 0 Å². The van der Waals surface area contributed by atoms with Crippen molar-refractivity contribution in [2.75, 3.05) is 0 Å². The molecule has 1 heterocycles. The van der Waals surface area contributed by atoms with Crippen molar-refractivity contribution in [1.29, 1.82) is 0 Å². The number of tetrazole rings is 1. The van der Waals surface area contributed by atoms with Crippen LogP contribution in [0.1, 0.15) is 51.3 Å². The topological polar surface area (TPSA) is 55.6 Å². The molecule has 0 radical (unpaired) electrons. The average molecular weight is 281 g/mol. The van der Waals surface area contributed by atoms with E-state index in [1.807, 2.05) is 7.05 Å². The second-order valence-corrected chi connectivity index (χ2v) is 6.09. The molecule has 1 aromatic heterocycles. The van der Waals surface area contributed by atoms with E-state index in [1.54, 1.807) is 4.68 Å². The predicted molar refractivity (Wildman–Crippen MR) is 78.9 cm³/mol. The van der Waals surface area contributed by atoms with Gasteiger partial charge in [-0.25, -0.2) is 4.68 Å². The molecule has 19 heavy (non-hydrogen) atoms. The lowest BCUT2D eigenvalue weighted by Crippen LogP contribution is -2.36. The lowest BCUT2D eigenvalue weighted by Gasteiger charge is -2.27. The molecule has 0 atom stereocenters. The summed E-state index contributed by atoms with van der Waals surface area (Å²) in [5.41, 5.74) is 0. The minimum Gasteiger partial charge on any atom is -0.377 e. The number of hydrogen-bond donors (Lipinski definition) is 1. The molecule has 1 aliphatic carbocycles. The summed E-state index contributed by atoms with van der Waals surface area (Å²) in [6.45, 7) is 2.34. The molecule has 0 aromatic carbocycles. The number of thiocarbonyl (C=S) groups is 1. The molecule has 6 heteroatoms. The van der Waals surface area contributed by atoms with E-state index < -0.39 is 0 Å². The molecule has 1 aromatic rings. The molecule has 106 valence electrons. The number of hydrogen-bond acceptors (Lipinski definition) is 4. The van der Waals surface area contributed by atoms with Crippen molar-refractivity contribution in [1.82, 2.24) is 25.5 Å². The third-order valence-electron chi connectivity index (χ3n) is 3.89. The summed E-state index contributed by atoms with van der Waals surface area (Å²) in [6.07, 6.45) is 7.98. The molecule has 1 aliphatic rings. The van der Waals surface area contributed by atoms with Crippen molar-refractivity contribution >= 4 is 17.2 Å². The van der Waals surface area contributed by atoms with E-state index >= 15 is 0 Å². The molecule has 0 saturated heterocycles. The van der Waals surface area contributed by atoms with E-state index in [1.165, 1.54) is 25.7 Å². The van der Waals surface area contributed by atoms with Crippen LogP contribution in [0.3, 0.4) is 0 Å². The van der Waals surface area contributed by atoms with Gasteiger partial charge < -0.3 is 5.32 Å². The van der Waals surface area contributed by atoms with E-state index in [4.69, 9.17) is 12.2 Å². The summed E-state index contributed by atoms with van der Waals surface area (Å²) in [5.74, 6) is 1.81. The second kappa shape index (κ2) is 6.93. The highest BCUT2D eigenvalue weighted by Crippen LogP contribution is 2.23. The number of rotatable bonds is 5. The van der Waals surface area contributed by atoms with Gasteiger partial charge in [0.25, 0.3) is 0 Å². The first-order valence-corrected chi connectivity index (χ1v) is 7.56. The Balaban J connectivity index is 1.63. The fourth-order valence-electron chi connectivity index (χ4n) is 2.57. The number of aromatic nitrogens is 4. The highest BCUT2D eigenvalue weighted by Gasteiger charge is 2.18. The summed E-state index contributed by atoms with van der Waals surface area (Å²) in [4.78, 5) is 0.995. The lowest BCUT2D eigenvalue weighted by molar-refractivity contribution is 0.331. The molecule has 0 amide bonds. The van der Waals surface area contributed by atoms with Gasteiger partial charge in [0, 0.05) is 19.5 Å². The molecule has 1 fully saturated rings. The summed E-state index contributed by atoms with van der Waals surface area (Å²) >= 11 is 5.42. The Kier molecular flexibility index (Phi) is 5.24. The Morgan fingerprint density at radius 2 is 2.11 bits per heavy atom.